The van der Waals surface area contributed by atoms with Crippen LogP contribution in [0.15, 0.2) is 47.8 Å². The quantitative estimate of drug-likeness (QED) is 0.116. The van der Waals surface area contributed by atoms with Gasteiger partial charge in [0.25, 0.3) is 24.2 Å². The summed E-state index contributed by atoms with van der Waals surface area (Å²) >= 11 is 1.12. The number of benzene rings is 2. The third-order valence-corrected chi connectivity index (χ3v) is 8.62. The van der Waals surface area contributed by atoms with Crippen molar-refractivity contribution in [2.24, 2.45) is 0 Å². The lowest BCUT2D eigenvalue weighted by Crippen LogP contribution is -2.37. The van der Waals surface area contributed by atoms with E-state index in [1.165, 1.54) is 6.20 Å². The molecule has 2 aromatic carbocycles. The van der Waals surface area contributed by atoms with Crippen LogP contribution in [0.5, 0.6) is 0 Å². The lowest BCUT2D eigenvalue weighted by molar-refractivity contribution is -0.123. The number of hydrogen-bond donors (Lipinski definition) is 2. The van der Waals surface area contributed by atoms with Crippen molar-refractivity contribution in [1.29, 1.82) is 0 Å². The summed E-state index contributed by atoms with van der Waals surface area (Å²) in [6.07, 6.45) is -3.65. The van der Waals surface area contributed by atoms with Crippen molar-refractivity contribution in [2.75, 3.05) is 6.26 Å². The molecule has 0 bridgehead atoms. The van der Waals surface area contributed by atoms with E-state index in [0.29, 0.717) is 29.3 Å². The highest BCUT2D eigenvalue weighted by Crippen LogP contribution is 2.52. The van der Waals surface area contributed by atoms with Gasteiger partial charge in [-0.3, -0.25) is 14.3 Å². The van der Waals surface area contributed by atoms with Crippen molar-refractivity contribution in [3.8, 4) is 11.1 Å². The minimum atomic E-state index is -4.04. The van der Waals surface area contributed by atoms with Crippen LogP contribution >= 0.6 is 11.8 Å². The van der Waals surface area contributed by atoms with Gasteiger partial charge in [-0.1, -0.05) is 23.9 Å². The predicted molar refractivity (Wildman–Crippen MR) is 156 cm³/mol. The van der Waals surface area contributed by atoms with Crippen molar-refractivity contribution >= 4 is 23.6 Å². The first kappa shape index (κ1) is 33.4. The van der Waals surface area contributed by atoms with E-state index in [4.69, 9.17) is 0 Å². The zero-order valence-corrected chi connectivity index (χ0v) is 25.6. The summed E-state index contributed by atoms with van der Waals surface area (Å²) in [5.41, 5.74) is -2.70. The number of hydrogen-bond acceptors (Lipinski definition) is 6. The molecule has 2 aliphatic rings. The van der Waals surface area contributed by atoms with E-state index < -0.39 is 78.2 Å². The molecule has 1 unspecified atom stereocenters. The fraction of sp³-hybridized carbons (Fsp3) is 0.323. The van der Waals surface area contributed by atoms with E-state index in [0.717, 1.165) is 29.5 Å². The topological polar surface area (TPSA) is 102 Å². The highest BCUT2D eigenvalue weighted by Gasteiger charge is 2.55. The Hall–Kier alpha value is -4.54. The molecule has 0 fully saturated rings. The van der Waals surface area contributed by atoms with Gasteiger partial charge in [0.2, 0.25) is 5.91 Å². The standard InChI is InChI=1S/C31H24F8N6O2S/c1-48-29-41-12-20(15-2-3-16-11-40-28(47)19(16)9-15)24(43-29)21(8-14-6-17(32)10-18(33)7-14)42-22(46)13-45-26-23(25(44-45)27(34)35)30(36,37)4-5-31(26,38)39/h2-3,6-7,9-10,12,21,27H,4-5,8,11,13H2,1H3,(H,40,47)(H,42,46). The zero-order valence-electron chi connectivity index (χ0n) is 24.8. The molecular weight excluding hydrogens is 672 g/mol. The van der Waals surface area contributed by atoms with Crippen molar-refractivity contribution in [3.63, 3.8) is 0 Å². The van der Waals surface area contributed by atoms with E-state index in [1.807, 2.05) is 0 Å². The Balaban J connectivity index is 1.43. The number of thioether (sulfide) groups is 1. The van der Waals surface area contributed by atoms with Crippen molar-refractivity contribution in [1.82, 2.24) is 30.4 Å². The molecule has 2 aromatic heterocycles. The molecule has 2 N–H and O–H groups in total. The summed E-state index contributed by atoms with van der Waals surface area (Å²) in [7, 11) is 0. The lowest BCUT2D eigenvalue weighted by atomic mass is 9.89. The number of rotatable bonds is 9. The molecule has 1 aliphatic carbocycles. The molecule has 0 spiro atoms. The molecule has 3 heterocycles. The number of carbonyl (C=O) groups is 2. The molecule has 1 aliphatic heterocycles. The predicted octanol–water partition coefficient (Wildman–Crippen LogP) is 6.60. The average molecular weight is 697 g/mol. The molecule has 1 atom stereocenters. The first-order valence-corrected chi connectivity index (χ1v) is 15.6. The molecule has 4 aromatic rings. The van der Waals surface area contributed by atoms with E-state index in [-0.39, 0.29) is 33.4 Å². The van der Waals surface area contributed by atoms with Gasteiger partial charge in [-0.15, -0.1) is 0 Å². The van der Waals surface area contributed by atoms with Crippen LogP contribution in [-0.4, -0.2) is 37.8 Å². The number of carbonyl (C=O) groups excluding carboxylic acids is 2. The molecule has 6 rings (SSSR count). The third kappa shape index (κ3) is 6.34. The molecule has 0 radical (unpaired) electrons. The minimum Gasteiger partial charge on any atom is -0.348 e. The van der Waals surface area contributed by atoms with Crippen molar-refractivity contribution < 1.29 is 44.7 Å². The van der Waals surface area contributed by atoms with Crippen molar-refractivity contribution in [2.45, 2.75) is 61.8 Å². The molecule has 0 saturated carbocycles. The van der Waals surface area contributed by atoms with Crippen LogP contribution in [0.25, 0.3) is 11.1 Å². The second kappa shape index (κ2) is 12.5. The Morgan fingerprint density at radius 2 is 1.73 bits per heavy atom. The summed E-state index contributed by atoms with van der Waals surface area (Å²) in [5, 5.41) is 8.77. The van der Waals surface area contributed by atoms with Gasteiger partial charge in [-0.05, 0) is 47.6 Å². The first-order valence-electron chi connectivity index (χ1n) is 14.4. The number of nitrogens with one attached hydrogen (secondary N) is 2. The number of amides is 2. The van der Waals surface area contributed by atoms with Gasteiger partial charge in [0.05, 0.1) is 17.3 Å². The number of aromatic nitrogens is 4. The van der Waals surface area contributed by atoms with Gasteiger partial charge in [0.1, 0.15) is 29.6 Å². The highest BCUT2D eigenvalue weighted by molar-refractivity contribution is 7.98. The molecule has 17 heteroatoms. The van der Waals surface area contributed by atoms with Crippen molar-refractivity contribution in [3.05, 3.63) is 93.6 Å². The summed E-state index contributed by atoms with van der Waals surface area (Å²) in [5.74, 6) is -11.4. The summed E-state index contributed by atoms with van der Waals surface area (Å²) in [6, 6.07) is 6.30. The second-order valence-corrected chi connectivity index (χ2v) is 12.1. The van der Waals surface area contributed by atoms with Crippen LogP contribution in [-0.2, 0) is 36.1 Å². The Bertz CT molecular complexity index is 1910. The number of halogens is 8. The molecule has 48 heavy (non-hydrogen) atoms. The maximum absolute atomic E-state index is 15.0. The maximum atomic E-state index is 15.0. The first-order chi connectivity index (χ1) is 22.7. The Morgan fingerprint density at radius 3 is 2.42 bits per heavy atom. The Labute approximate surface area is 271 Å². The minimum absolute atomic E-state index is 0.0454. The van der Waals surface area contributed by atoms with E-state index in [1.54, 1.807) is 24.5 Å². The Kier molecular flexibility index (Phi) is 8.68. The number of fused-ring (bicyclic) bond motifs is 2. The summed E-state index contributed by atoms with van der Waals surface area (Å²) < 4.78 is 115. The third-order valence-electron chi connectivity index (χ3n) is 8.06. The summed E-state index contributed by atoms with van der Waals surface area (Å²) in [4.78, 5) is 34.7. The zero-order chi connectivity index (χ0) is 34.5. The molecule has 0 saturated heterocycles. The van der Waals surface area contributed by atoms with E-state index in [9.17, 15) is 44.7 Å². The molecular formula is C31H24F8N6O2S. The van der Waals surface area contributed by atoms with Gasteiger partial charge < -0.3 is 10.6 Å². The van der Waals surface area contributed by atoms with Crippen LogP contribution in [0.2, 0.25) is 0 Å². The van der Waals surface area contributed by atoms with E-state index >= 15 is 0 Å². The van der Waals surface area contributed by atoms with Gasteiger partial charge in [0.15, 0.2) is 5.16 Å². The van der Waals surface area contributed by atoms with E-state index in [2.05, 4.69) is 25.7 Å². The van der Waals surface area contributed by atoms with Crippen LogP contribution < -0.4 is 10.6 Å². The fourth-order valence-electron chi connectivity index (χ4n) is 5.94. The molecule has 2 amide bonds. The lowest BCUT2D eigenvalue weighted by Gasteiger charge is -2.29. The number of nitrogens with zero attached hydrogens (tertiary/aromatic N) is 4. The van der Waals surface area contributed by atoms with Gasteiger partial charge in [0, 0.05) is 42.8 Å². The van der Waals surface area contributed by atoms with Gasteiger partial charge in [-0.2, -0.15) is 13.9 Å². The largest absolute Gasteiger partial charge is 0.348 e. The van der Waals surface area contributed by atoms with Crippen LogP contribution in [0.3, 0.4) is 0 Å². The van der Waals surface area contributed by atoms with Crippen LogP contribution in [0.1, 0.15) is 69.4 Å². The fourth-order valence-corrected chi connectivity index (χ4v) is 6.29. The highest BCUT2D eigenvalue weighted by atomic mass is 32.2. The molecule has 252 valence electrons. The smallest absolute Gasteiger partial charge is 0.290 e. The molecule has 8 nitrogen and oxygen atoms in total. The SMILES string of the molecule is CSc1ncc(-c2ccc3c(c2)C(=O)NC3)c(C(Cc2cc(F)cc(F)c2)NC(=O)Cn2nc(C(F)F)c3c2C(F)(F)CCC3(F)F)n1. The van der Waals surface area contributed by atoms with Crippen LogP contribution in [0, 0.1) is 11.6 Å². The van der Waals surface area contributed by atoms with Gasteiger partial charge in [-0.25, -0.2) is 36.3 Å². The number of alkyl halides is 6. The van der Waals surface area contributed by atoms with Gasteiger partial charge >= 0.3 is 0 Å². The second-order valence-electron chi connectivity index (χ2n) is 11.3. The van der Waals surface area contributed by atoms with Crippen LogP contribution in [0.4, 0.5) is 35.1 Å². The monoisotopic (exact) mass is 696 g/mol. The maximum Gasteiger partial charge on any atom is 0.290 e. The average Bonchev–Trinajstić information content (AvgIpc) is 3.60. The summed E-state index contributed by atoms with van der Waals surface area (Å²) in [6.45, 7) is -0.869. The normalized spacial score (nSPS) is 16.8. The Morgan fingerprint density at radius 1 is 1.02 bits per heavy atom.